The first-order chi connectivity index (χ1) is 14.7. The Hall–Kier alpha value is -2.92. The Morgan fingerprint density at radius 2 is 1.97 bits per heavy atom. The minimum Gasteiger partial charge on any atom is -0.453 e. The first kappa shape index (κ1) is 22.8. The highest BCUT2D eigenvalue weighted by Crippen LogP contribution is 2.37. The SMILES string of the molecule is CCS(=O)(=O)c1cccc(C(=O)Nc2sc3c(c2C(=O)NC)CCN(C(=O)OC)C3)c1. The number of carbonyl (C=O) groups excluding carboxylic acids is 3. The molecule has 3 amide bonds. The zero-order chi connectivity index (χ0) is 22.8. The van der Waals surface area contributed by atoms with E-state index < -0.39 is 21.8 Å². The monoisotopic (exact) mass is 465 g/mol. The summed E-state index contributed by atoms with van der Waals surface area (Å²) in [6.07, 6.45) is -0.0101. The summed E-state index contributed by atoms with van der Waals surface area (Å²) in [5.74, 6) is -0.948. The fourth-order valence-electron chi connectivity index (χ4n) is 3.31. The molecule has 1 aliphatic heterocycles. The standard InChI is InChI=1S/C20H23N3O6S2/c1-4-31(27,28)13-7-5-6-12(10-13)17(24)22-19-16(18(25)21-2)14-8-9-23(20(26)29-3)11-15(14)30-19/h5-7,10H,4,8-9,11H2,1-3H3,(H,21,25)(H,22,24). The highest BCUT2D eigenvalue weighted by atomic mass is 32.2. The summed E-state index contributed by atoms with van der Waals surface area (Å²) in [6, 6.07) is 5.78. The van der Waals surface area contributed by atoms with Crippen molar-refractivity contribution in [1.29, 1.82) is 0 Å². The average molecular weight is 466 g/mol. The van der Waals surface area contributed by atoms with E-state index in [0.717, 1.165) is 10.4 Å². The van der Waals surface area contributed by atoms with Gasteiger partial charge in [-0.05, 0) is 30.2 Å². The molecule has 0 spiro atoms. The molecule has 0 saturated carbocycles. The Kier molecular flexibility index (Phi) is 6.65. The molecule has 1 aromatic carbocycles. The number of hydrogen-bond donors (Lipinski definition) is 2. The first-order valence-corrected chi connectivity index (χ1v) is 12.0. The van der Waals surface area contributed by atoms with Crippen molar-refractivity contribution >= 4 is 44.1 Å². The van der Waals surface area contributed by atoms with Crippen LogP contribution in [0.15, 0.2) is 29.2 Å². The summed E-state index contributed by atoms with van der Waals surface area (Å²) in [6.45, 7) is 2.20. The highest BCUT2D eigenvalue weighted by molar-refractivity contribution is 7.91. The molecule has 166 valence electrons. The first-order valence-electron chi connectivity index (χ1n) is 9.55. The number of nitrogens with zero attached hydrogens (tertiary/aromatic N) is 1. The molecule has 0 saturated heterocycles. The number of fused-ring (bicyclic) bond motifs is 1. The lowest BCUT2D eigenvalue weighted by Gasteiger charge is -2.25. The molecule has 11 heteroatoms. The van der Waals surface area contributed by atoms with Crippen molar-refractivity contribution in [1.82, 2.24) is 10.2 Å². The van der Waals surface area contributed by atoms with Gasteiger partial charge < -0.3 is 20.3 Å². The lowest BCUT2D eigenvalue weighted by molar-refractivity contribution is 0.0962. The van der Waals surface area contributed by atoms with Crippen LogP contribution in [-0.4, -0.2) is 57.7 Å². The number of carbonyl (C=O) groups is 3. The molecule has 0 bridgehead atoms. The van der Waals surface area contributed by atoms with Crippen molar-refractivity contribution in [3.8, 4) is 0 Å². The second-order valence-electron chi connectivity index (χ2n) is 6.81. The van der Waals surface area contributed by atoms with Crippen molar-refractivity contribution < 1.29 is 27.5 Å². The maximum atomic E-state index is 12.9. The van der Waals surface area contributed by atoms with Crippen molar-refractivity contribution in [3.05, 3.63) is 45.8 Å². The molecule has 0 unspecified atom stereocenters. The molecule has 3 rings (SSSR count). The third-order valence-electron chi connectivity index (χ3n) is 5.01. The zero-order valence-electron chi connectivity index (χ0n) is 17.4. The molecule has 1 aliphatic rings. The van der Waals surface area contributed by atoms with Crippen LogP contribution in [0.4, 0.5) is 9.80 Å². The molecule has 2 heterocycles. The Balaban J connectivity index is 1.94. The van der Waals surface area contributed by atoms with Crippen molar-refractivity contribution in [2.45, 2.75) is 24.8 Å². The van der Waals surface area contributed by atoms with Gasteiger partial charge in [-0.15, -0.1) is 11.3 Å². The maximum absolute atomic E-state index is 12.9. The van der Waals surface area contributed by atoms with E-state index in [4.69, 9.17) is 4.74 Å². The molecular weight excluding hydrogens is 442 g/mol. The van der Waals surface area contributed by atoms with Gasteiger partial charge in [0.1, 0.15) is 5.00 Å². The molecule has 1 aromatic heterocycles. The van der Waals surface area contributed by atoms with E-state index in [1.807, 2.05) is 0 Å². The van der Waals surface area contributed by atoms with Gasteiger partial charge in [-0.25, -0.2) is 13.2 Å². The largest absolute Gasteiger partial charge is 0.453 e. The lowest BCUT2D eigenvalue weighted by Crippen LogP contribution is -2.35. The number of nitrogens with one attached hydrogen (secondary N) is 2. The molecule has 9 nitrogen and oxygen atoms in total. The van der Waals surface area contributed by atoms with Gasteiger partial charge in [0.05, 0.1) is 29.9 Å². The van der Waals surface area contributed by atoms with Crippen LogP contribution in [0.5, 0.6) is 0 Å². The molecule has 31 heavy (non-hydrogen) atoms. The summed E-state index contributed by atoms with van der Waals surface area (Å²) in [4.78, 5) is 39.6. The summed E-state index contributed by atoms with van der Waals surface area (Å²) in [5, 5.41) is 5.68. The number of benzene rings is 1. The minimum atomic E-state index is -3.46. The van der Waals surface area contributed by atoms with Gasteiger partial charge in [0.15, 0.2) is 9.84 Å². The van der Waals surface area contributed by atoms with E-state index in [9.17, 15) is 22.8 Å². The molecule has 0 radical (unpaired) electrons. The smallest absolute Gasteiger partial charge is 0.409 e. The van der Waals surface area contributed by atoms with E-state index in [0.29, 0.717) is 23.5 Å². The fourth-order valence-corrected chi connectivity index (χ4v) is 5.50. The van der Waals surface area contributed by atoms with Crippen LogP contribution in [0.25, 0.3) is 0 Å². The molecule has 0 atom stereocenters. The summed E-state index contributed by atoms with van der Waals surface area (Å²) < 4.78 is 29.0. The molecule has 0 fully saturated rings. The summed E-state index contributed by atoms with van der Waals surface area (Å²) in [7, 11) is -0.656. The van der Waals surface area contributed by atoms with Crippen LogP contribution in [0.1, 0.15) is 38.1 Å². The van der Waals surface area contributed by atoms with E-state index in [1.165, 1.54) is 61.6 Å². The average Bonchev–Trinajstić information content (AvgIpc) is 3.14. The Morgan fingerprint density at radius 3 is 2.61 bits per heavy atom. The van der Waals surface area contributed by atoms with Gasteiger partial charge in [-0.3, -0.25) is 9.59 Å². The van der Waals surface area contributed by atoms with Crippen LogP contribution in [0.3, 0.4) is 0 Å². The summed E-state index contributed by atoms with van der Waals surface area (Å²) >= 11 is 1.21. The maximum Gasteiger partial charge on any atom is 0.409 e. The van der Waals surface area contributed by atoms with Crippen molar-refractivity contribution in [2.75, 3.05) is 31.8 Å². The van der Waals surface area contributed by atoms with Gasteiger partial charge in [-0.2, -0.15) is 0 Å². The highest BCUT2D eigenvalue weighted by Gasteiger charge is 2.30. The quantitative estimate of drug-likeness (QED) is 0.699. The van der Waals surface area contributed by atoms with Gasteiger partial charge >= 0.3 is 6.09 Å². The van der Waals surface area contributed by atoms with Crippen molar-refractivity contribution in [2.24, 2.45) is 0 Å². The van der Waals surface area contributed by atoms with E-state index in [-0.39, 0.29) is 28.7 Å². The summed E-state index contributed by atoms with van der Waals surface area (Å²) in [5.41, 5.74) is 1.31. The zero-order valence-corrected chi connectivity index (χ0v) is 19.0. The van der Waals surface area contributed by atoms with E-state index in [1.54, 1.807) is 0 Å². The van der Waals surface area contributed by atoms with Gasteiger partial charge in [0, 0.05) is 24.0 Å². The Bertz CT molecular complexity index is 1140. The number of ether oxygens (including phenoxy) is 1. The number of sulfone groups is 1. The number of hydrogen-bond acceptors (Lipinski definition) is 7. The Labute approximate surface area is 184 Å². The van der Waals surface area contributed by atoms with Gasteiger partial charge in [0.25, 0.3) is 11.8 Å². The molecule has 2 N–H and O–H groups in total. The lowest BCUT2D eigenvalue weighted by atomic mass is 10.0. The topological polar surface area (TPSA) is 122 Å². The normalized spacial score (nSPS) is 13.3. The number of rotatable bonds is 5. The van der Waals surface area contributed by atoms with E-state index in [2.05, 4.69) is 10.6 Å². The third kappa shape index (κ3) is 4.57. The molecule has 2 aromatic rings. The number of amides is 3. The fraction of sp³-hybridized carbons (Fsp3) is 0.350. The Morgan fingerprint density at radius 1 is 1.23 bits per heavy atom. The third-order valence-corrected chi connectivity index (χ3v) is 7.87. The van der Waals surface area contributed by atoms with Gasteiger partial charge in [-0.1, -0.05) is 13.0 Å². The second-order valence-corrected chi connectivity index (χ2v) is 10.2. The molecule has 0 aliphatic carbocycles. The number of anilines is 1. The van der Waals surface area contributed by atoms with Gasteiger partial charge in [0.2, 0.25) is 0 Å². The minimum absolute atomic E-state index is 0.0633. The predicted molar refractivity (Wildman–Crippen MR) is 116 cm³/mol. The van der Waals surface area contributed by atoms with Crippen LogP contribution >= 0.6 is 11.3 Å². The van der Waals surface area contributed by atoms with Crippen LogP contribution in [0, 0.1) is 0 Å². The van der Waals surface area contributed by atoms with Crippen molar-refractivity contribution in [3.63, 3.8) is 0 Å². The van der Waals surface area contributed by atoms with E-state index >= 15 is 0 Å². The van der Waals surface area contributed by atoms with Crippen LogP contribution < -0.4 is 10.6 Å². The predicted octanol–water partition coefficient (Wildman–Crippen LogP) is 2.28. The van der Waals surface area contributed by atoms with Crippen LogP contribution in [0.2, 0.25) is 0 Å². The number of methoxy groups -OCH3 is 1. The second kappa shape index (κ2) is 9.06. The molecular formula is C20H23N3O6S2. The number of thiophene rings is 1. The van der Waals surface area contributed by atoms with Crippen LogP contribution in [-0.2, 0) is 27.5 Å².